The summed E-state index contributed by atoms with van der Waals surface area (Å²) in [6.45, 7) is 0.607. The van der Waals surface area contributed by atoms with Gasteiger partial charge in [0.25, 0.3) is 0 Å². The monoisotopic (exact) mass is 407 g/mol. The highest BCUT2D eigenvalue weighted by Gasteiger charge is 2.25. The van der Waals surface area contributed by atoms with Crippen molar-refractivity contribution in [3.05, 3.63) is 52.9 Å². The number of anilines is 1. The Balaban J connectivity index is 1.64. The molecule has 1 saturated carbocycles. The van der Waals surface area contributed by atoms with Crippen LogP contribution in [-0.2, 0) is 11.3 Å². The summed E-state index contributed by atoms with van der Waals surface area (Å²) in [5.41, 5.74) is 0.738. The number of hydrogen-bond donors (Lipinski definition) is 2. The number of nitrogens with zero attached hydrogens (tertiary/aromatic N) is 1. The molecule has 1 aliphatic rings. The number of furan rings is 1. The van der Waals surface area contributed by atoms with Crippen LogP contribution in [0.3, 0.4) is 0 Å². The van der Waals surface area contributed by atoms with Crippen molar-refractivity contribution in [1.29, 1.82) is 0 Å². The highest BCUT2D eigenvalue weighted by Crippen LogP contribution is 2.22. The molecule has 3 rings (SSSR count). The van der Waals surface area contributed by atoms with Crippen LogP contribution in [0.2, 0.25) is 0 Å². The van der Waals surface area contributed by atoms with Gasteiger partial charge in [0.05, 0.1) is 25.0 Å². The zero-order chi connectivity index (χ0) is 16.9. The molecule has 7 heteroatoms. The first-order valence-electron chi connectivity index (χ1n) is 7.74. The fraction of sp³-hybridized carbons (Fsp3) is 0.294. The highest BCUT2D eigenvalue weighted by molar-refractivity contribution is 9.10. The van der Waals surface area contributed by atoms with E-state index >= 15 is 0 Å². The van der Waals surface area contributed by atoms with Gasteiger partial charge in [-0.25, -0.2) is 0 Å². The second-order valence-corrected chi connectivity index (χ2v) is 6.93. The van der Waals surface area contributed by atoms with Crippen LogP contribution >= 0.6 is 28.1 Å². The van der Waals surface area contributed by atoms with Crippen molar-refractivity contribution in [2.45, 2.75) is 25.4 Å². The molecular formula is C17H18BrN3O2S. The molecule has 126 valence electrons. The summed E-state index contributed by atoms with van der Waals surface area (Å²) in [6, 6.07) is 11.6. The van der Waals surface area contributed by atoms with E-state index < -0.39 is 0 Å². The fourth-order valence-electron chi connectivity index (χ4n) is 2.21. The minimum Gasteiger partial charge on any atom is -0.467 e. The quantitative estimate of drug-likeness (QED) is 0.717. The van der Waals surface area contributed by atoms with Gasteiger partial charge in [0, 0.05) is 10.5 Å². The fourth-order valence-corrected chi connectivity index (χ4v) is 2.89. The number of carbonyl (C=O) groups excluding carboxylic acids is 1. The SMILES string of the molecule is O=C(CN(Cc1ccco1)C(=S)NC1CC1)Nc1ccccc1Br. The number of benzene rings is 1. The molecule has 1 aromatic carbocycles. The van der Waals surface area contributed by atoms with Gasteiger partial charge >= 0.3 is 0 Å². The Morgan fingerprint density at radius 1 is 1.29 bits per heavy atom. The van der Waals surface area contributed by atoms with Crippen LogP contribution in [0.5, 0.6) is 0 Å². The van der Waals surface area contributed by atoms with Gasteiger partial charge in [-0.05, 0) is 65.3 Å². The Hall–Kier alpha value is -1.86. The van der Waals surface area contributed by atoms with Gasteiger partial charge in [-0.1, -0.05) is 12.1 Å². The summed E-state index contributed by atoms with van der Waals surface area (Å²) in [7, 11) is 0. The second-order valence-electron chi connectivity index (χ2n) is 5.69. The molecule has 1 fully saturated rings. The van der Waals surface area contributed by atoms with Crippen molar-refractivity contribution >= 4 is 44.9 Å². The van der Waals surface area contributed by atoms with E-state index in [0.29, 0.717) is 17.7 Å². The van der Waals surface area contributed by atoms with E-state index in [-0.39, 0.29) is 12.5 Å². The molecule has 2 N–H and O–H groups in total. The number of amides is 1. The molecule has 0 bridgehead atoms. The Labute approximate surface area is 154 Å². The summed E-state index contributed by atoms with van der Waals surface area (Å²) in [5.74, 6) is 0.636. The first-order chi connectivity index (χ1) is 11.6. The average molecular weight is 408 g/mol. The van der Waals surface area contributed by atoms with Crippen LogP contribution in [0.25, 0.3) is 0 Å². The van der Waals surface area contributed by atoms with Crippen LogP contribution in [0.1, 0.15) is 18.6 Å². The standard InChI is InChI=1S/C17H18BrN3O2S/c18-14-5-1-2-6-15(14)20-16(22)11-21(10-13-4-3-9-23-13)17(24)19-12-7-8-12/h1-6,9,12H,7-8,10-11H2,(H,19,24)(H,20,22). The number of hydrogen-bond acceptors (Lipinski definition) is 3. The Morgan fingerprint density at radius 2 is 2.08 bits per heavy atom. The zero-order valence-corrected chi connectivity index (χ0v) is 15.4. The maximum atomic E-state index is 12.4. The van der Waals surface area contributed by atoms with Gasteiger partial charge in [-0.2, -0.15) is 0 Å². The van der Waals surface area contributed by atoms with Crippen molar-refractivity contribution in [2.24, 2.45) is 0 Å². The lowest BCUT2D eigenvalue weighted by Crippen LogP contribution is -2.44. The van der Waals surface area contributed by atoms with Gasteiger partial charge in [0.2, 0.25) is 5.91 Å². The molecule has 0 saturated heterocycles. The van der Waals surface area contributed by atoms with Crippen LogP contribution < -0.4 is 10.6 Å². The first kappa shape index (κ1) is 17.0. The molecule has 5 nitrogen and oxygen atoms in total. The molecule has 1 amide bonds. The van der Waals surface area contributed by atoms with E-state index in [1.165, 1.54) is 0 Å². The lowest BCUT2D eigenvalue weighted by Gasteiger charge is -2.24. The largest absolute Gasteiger partial charge is 0.467 e. The third kappa shape index (κ3) is 4.82. The van der Waals surface area contributed by atoms with E-state index in [1.54, 1.807) is 6.26 Å². The maximum Gasteiger partial charge on any atom is 0.244 e. The molecule has 1 aromatic heterocycles. The Bertz CT molecular complexity index is 716. The molecule has 0 radical (unpaired) electrons. The lowest BCUT2D eigenvalue weighted by atomic mass is 10.3. The molecule has 0 unspecified atom stereocenters. The van der Waals surface area contributed by atoms with Crippen molar-refractivity contribution in [2.75, 3.05) is 11.9 Å². The van der Waals surface area contributed by atoms with E-state index in [9.17, 15) is 4.79 Å². The van der Waals surface area contributed by atoms with Crippen molar-refractivity contribution < 1.29 is 9.21 Å². The third-order valence-corrected chi connectivity index (χ3v) is 4.67. The molecule has 24 heavy (non-hydrogen) atoms. The highest BCUT2D eigenvalue weighted by atomic mass is 79.9. The molecule has 0 aliphatic heterocycles. The summed E-state index contributed by atoms with van der Waals surface area (Å²) in [6.07, 6.45) is 3.86. The molecule has 1 heterocycles. The Morgan fingerprint density at radius 3 is 2.75 bits per heavy atom. The minimum atomic E-state index is -0.131. The smallest absolute Gasteiger partial charge is 0.244 e. The van der Waals surface area contributed by atoms with Crippen molar-refractivity contribution in [3.8, 4) is 0 Å². The van der Waals surface area contributed by atoms with E-state index in [2.05, 4.69) is 26.6 Å². The summed E-state index contributed by atoms with van der Waals surface area (Å²) >= 11 is 8.89. The predicted molar refractivity (Wildman–Crippen MR) is 101 cm³/mol. The first-order valence-corrected chi connectivity index (χ1v) is 8.94. The number of nitrogens with one attached hydrogen (secondary N) is 2. The number of halogens is 1. The second kappa shape index (κ2) is 7.81. The van der Waals surface area contributed by atoms with Crippen molar-refractivity contribution in [1.82, 2.24) is 10.2 Å². The number of carbonyl (C=O) groups is 1. The molecular weight excluding hydrogens is 390 g/mol. The molecule has 2 aromatic rings. The zero-order valence-electron chi connectivity index (χ0n) is 13.0. The van der Waals surface area contributed by atoms with Gasteiger partial charge in [-0.3, -0.25) is 4.79 Å². The predicted octanol–water partition coefficient (Wildman–Crippen LogP) is 3.52. The number of thiocarbonyl (C=S) groups is 1. The number of para-hydroxylation sites is 1. The van der Waals surface area contributed by atoms with Gasteiger partial charge in [-0.15, -0.1) is 0 Å². The lowest BCUT2D eigenvalue weighted by molar-refractivity contribution is -0.116. The summed E-state index contributed by atoms with van der Waals surface area (Å²) < 4.78 is 6.23. The van der Waals surface area contributed by atoms with Gasteiger partial charge in [0.15, 0.2) is 5.11 Å². The van der Waals surface area contributed by atoms with E-state index in [0.717, 1.165) is 28.8 Å². The average Bonchev–Trinajstić information content (AvgIpc) is 3.21. The maximum absolute atomic E-state index is 12.4. The van der Waals surface area contributed by atoms with E-state index in [1.807, 2.05) is 41.3 Å². The number of rotatable bonds is 6. The van der Waals surface area contributed by atoms with Gasteiger partial charge in [0.1, 0.15) is 5.76 Å². The van der Waals surface area contributed by atoms with E-state index in [4.69, 9.17) is 16.6 Å². The van der Waals surface area contributed by atoms with Crippen LogP contribution in [0.4, 0.5) is 5.69 Å². The normalized spacial score (nSPS) is 13.4. The van der Waals surface area contributed by atoms with Crippen LogP contribution in [0.15, 0.2) is 51.6 Å². The molecule has 1 aliphatic carbocycles. The summed E-state index contributed by atoms with van der Waals surface area (Å²) in [4.78, 5) is 14.2. The van der Waals surface area contributed by atoms with Crippen LogP contribution in [0, 0.1) is 0 Å². The minimum absolute atomic E-state index is 0.131. The molecule has 0 spiro atoms. The van der Waals surface area contributed by atoms with Crippen LogP contribution in [-0.4, -0.2) is 28.5 Å². The molecule has 0 atom stereocenters. The van der Waals surface area contributed by atoms with Crippen molar-refractivity contribution in [3.63, 3.8) is 0 Å². The third-order valence-electron chi connectivity index (χ3n) is 3.60. The van der Waals surface area contributed by atoms with Gasteiger partial charge < -0.3 is 20.0 Å². The summed E-state index contributed by atoms with van der Waals surface area (Å²) in [5, 5.41) is 6.75. The topological polar surface area (TPSA) is 57.5 Å². The Kier molecular flexibility index (Phi) is 5.52.